The lowest BCUT2D eigenvalue weighted by molar-refractivity contribution is -0.146. The van der Waals surface area contributed by atoms with E-state index in [2.05, 4.69) is 29.2 Å². The van der Waals surface area contributed by atoms with Crippen LogP contribution in [0.5, 0.6) is 0 Å². The van der Waals surface area contributed by atoms with E-state index in [9.17, 15) is 4.79 Å². The zero-order chi connectivity index (χ0) is 13.0. The second kappa shape index (κ2) is 6.01. The Labute approximate surface area is 109 Å². The zero-order valence-corrected chi connectivity index (χ0v) is 11.1. The highest BCUT2D eigenvalue weighted by Gasteiger charge is 2.32. The average molecular weight is 247 g/mol. The molecule has 1 fully saturated rings. The second-order valence-corrected chi connectivity index (χ2v) is 4.84. The third kappa shape index (κ3) is 2.72. The van der Waals surface area contributed by atoms with E-state index in [1.807, 2.05) is 13.0 Å². The predicted molar refractivity (Wildman–Crippen MR) is 71.5 cm³/mol. The van der Waals surface area contributed by atoms with Crippen LogP contribution in [0.1, 0.15) is 31.2 Å². The smallest absolute Gasteiger partial charge is 0.323 e. The average Bonchev–Trinajstić information content (AvgIpc) is 2.90. The van der Waals surface area contributed by atoms with Crippen molar-refractivity contribution in [2.75, 3.05) is 20.2 Å². The number of carbonyl (C=O) groups excluding carboxylic acids is 1. The number of benzene rings is 1. The Kier molecular flexibility index (Phi) is 4.37. The van der Waals surface area contributed by atoms with Crippen molar-refractivity contribution >= 4 is 5.97 Å². The molecule has 0 N–H and O–H groups in total. The molecule has 1 aromatic carbocycles. The van der Waals surface area contributed by atoms with E-state index in [4.69, 9.17) is 4.74 Å². The summed E-state index contributed by atoms with van der Waals surface area (Å²) in [5.74, 6) is 0.441. The van der Waals surface area contributed by atoms with Gasteiger partial charge in [-0.2, -0.15) is 0 Å². The molecule has 18 heavy (non-hydrogen) atoms. The maximum absolute atomic E-state index is 11.7. The van der Waals surface area contributed by atoms with Gasteiger partial charge in [-0.05, 0) is 30.9 Å². The van der Waals surface area contributed by atoms with Gasteiger partial charge in [-0.3, -0.25) is 9.69 Å². The van der Waals surface area contributed by atoms with Gasteiger partial charge < -0.3 is 4.74 Å². The van der Waals surface area contributed by atoms with E-state index in [1.165, 1.54) is 12.7 Å². The van der Waals surface area contributed by atoms with Gasteiger partial charge >= 0.3 is 5.97 Å². The van der Waals surface area contributed by atoms with Crippen LogP contribution in [0.4, 0.5) is 0 Å². The zero-order valence-electron chi connectivity index (χ0n) is 11.1. The topological polar surface area (TPSA) is 29.5 Å². The Bertz CT molecular complexity index is 391. The molecule has 0 aliphatic carbocycles. The van der Waals surface area contributed by atoms with Crippen LogP contribution in [-0.4, -0.2) is 37.1 Å². The first-order chi connectivity index (χ1) is 8.76. The van der Waals surface area contributed by atoms with E-state index in [1.54, 1.807) is 0 Å². The van der Waals surface area contributed by atoms with Crippen molar-refractivity contribution in [3.05, 3.63) is 35.9 Å². The van der Waals surface area contributed by atoms with Crippen molar-refractivity contribution in [3.63, 3.8) is 0 Å². The van der Waals surface area contributed by atoms with Gasteiger partial charge in [0.15, 0.2) is 0 Å². The molecule has 0 amide bonds. The van der Waals surface area contributed by atoms with E-state index >= 15 is 0 Å². The van der Waals surface area contributed by atoms with Gasteiger partial charge in [0, 0.05) is 6.54 Å². The molecule has 1 heterocycles. The van der Waals surface area contributed by atoms with Crippen molar-refractivity contribution in [3.8, 4) is 0 Å². The Morgan fingerprint density at radius 2 is 2.17 bits per heavy atom. The summed E-state index contributed by atoms with van der Waals surface area (Å²) in [6.45, 7) is 3.97. The van der Waals surface area contributed by atoms with E-state index in [0.29, 0.717) is 5.92 Å². The number of ether oxygens (including phenoxy) is 1. The fourth-order valence-corrected chi connectivity index (χ4v) is 2.78. The molecule has 0 spiro atoms. The first-order valence-electron chi connectivity index (χ1n) is 6.63. The van der Waals surface area contributed by atoms with E-state index < -0.39 is 0 Å². The van der Waals surface area contributed by atoms with Crippen molar-refractivity contribution in [1.82, 2.24) is 4.90 Å². The molecule has 2 rings (SSSR count). The van der Waals surface area contributed by atoms with Crippen LogP contribution < -0.4 is 0 Å². The van der Waals surface area contributed by atoms with Crippen LogP contribution in [0.2, 0.25) is 0 Å². The maximum atomic E-state index is 11.7. The summed E-state index contributed by atoms with van der Waals surface area (Å²) in [5, 5.41) is 0. The van der Waals surface area contributed by atoms with Crippen LogP contribution >= 0.6 is 0 Å². The molecule has 1 aliphatic heterocycles. The van der Waals surface area contributed by atoms with Gasteiger partial charge in [0.2, 0.25) is 0 Å². The number of rotatable bonds is 4. The molecule has 0 bridgehead atoms. The second-order valence-electron chi connectivity index (χ2n) is 4.84. The molecule has 3 nitrogen and oxygen atoms in total. The summed E-state index contributed by atoms with van der Waals surface area (Å²) in [4.78, 5) is 14.0. The molecule has 0 radical (unpaired) electrons. The summed E-state index contributed by atoms with van der Waals surface area (Å²) in [7, 11) is 1.47. The van der Waals surface area contributed by atoms with Gasteiger partial charge in [-0.15, -0.1) is 0 Å². The largest absolute Gasteiger partial charge is 0.468 e. The highest BCUT2D eigenvalue weighted by atomic mass is 16.5. The predicted octanol–water partition coefficient (Wildman–Crippen LogP) is 2.43. The minimum absolute atomic E-state index is 0.0799. The highest BCUT2D eigenvalue weighted by Crippen LogP contribution is 2.29. The number of methoxy groups -OCH3 is 1. The minimum atomic E-state index is -0.105. The fourth-order valence-electron chi connectivity index (χ4n) is 2.78. The summed E-state index contributed by atoms with van der Waals surface area (Å²) >= 11 is 0. The van der Waals surface area contributed by atoms with Crippen molar-refractivity contribution in [2.45, 2.75) is 31.7 Å². The quantitative estimate of drug-likeness (QED) is 0.765. The molecule has 1 aromatic rings. The summed E-state index contributed by atoms with van der Waals surface area (Å²) < 4.78 is 4.88. The number of likely N-dealkylation sites (tertiary alicyclic amines) is 1. The van der Waals surface area contributed by atoms with Crippen LogP contribution in [0, 0.1) is 0 Å². The molecule has 0 saturated carbocycles. The first kappa shape index (κ1) is 13.1. The molecule has 0 unspecified atom stereocenters. The Morgan fingerprint density at radius 3 is 2.78 bits per heavy atom. The number of carbonyl (C=O) groups is 1. The molecule has 2 atom stereocenters. The Balaban J connectivity index is 2.01. The monoisotopic (exact) mass is 247 g/mol. The van der Waals surface area contributed by atoms with Crippen molar-refractivity contribution in [1.29, 1.82) is 0 Å². The minimum Gasteiger partial charge on any atom is -0.468 e. The van der Waals surface area contributed by atoms with Gasteiger partial charge in [0.05, 0.1) is 7.11 Å². The molecule has 0 aromatic heterocycles. The maximum Gasteiger partial charge on any atom is 0.323 e. The highest BCUT2D eigenvalue weighted by molar-refractivity contribution is 5.75. The normalized spacial score (nSPS) is 21.8. The standard InChI is InChI=1S/C15H21NO2/c1-3-14(15(17)18-2)16-10-9-13(11-16)12-7-5-4-6-8-12/h4-8,13-14H,3,9-11H2,1-2H3/t13-,14-/m1/s1. The van der Waals surface area contributed by atoms with Crippen LogP contribution in [-0.2, 0) is 9.53 Å². The summed E-state index contributed by atoms with van der Waals surface area (Å²) in [5.41, 5.74) is 1.37. The van der Waals surface area contributed by atoms with Crippen molar-refractivity contribution < 1.29 is 9.53 Å². The van der Waals surface area contributed by atoms with Gasteiger partial charge in [-0.1, -0.05) is 37.3 Å². The third-order valence-corrected chi connectivity index (χ3v) is 3.79. The summed E-state index contributed by atoms with van der Waals surface area (Å²) in [6.07, 6.45) is 1.94. The SMILES string of the molecule is CC[C@H](C(=O)OC)N1CC[C@@H](c2ccccc2)C1. The number of hydrogen-bond acceptors (Lipinski definition) is 3. The molecule has 1 saturated heterocycles. The first-order valence-corrected chi connectivity index (χ1v) is 6.63. The van der Waals surface area contributed by atoms with Crippen LogP contribution in [0.15, 0.2) is 30.3 Å². The number of esters is 1. The molecular weight excluding hydrogens is 226 g/mol. The lowest BCUT2D eigenvalue weighted by Crippen LogP contribution is -2.39. The van der Waals surface area contributed by atoms with Crippen LogP contribution in [0.3, 0.4) is 0 Å². The van der Waals surface area contributed by atoms with Gasteiger partial charge in [0.25, 0.3) is 0 Å². The fraction of sp³-hybridized carbons (Fsp3) is 0.533. The Hall–Kier alpha value is -1.35. The van der Waals surface area contributed by atoms with E-state index in [-0.39, 0.29) is 12.0 Å². The van der Waals surface area contributed by atoms with Gasteiger partial charge in [0.1, 0.15) is 6.04 Å². The molecule has 98 valence electrons. The van der Waals surface area contributed by atoms with E-state index in [0.717, 1.165) is 25.9 Å². The lowest BCUT2D eigenvalue weighted by atomic mass is 9.99. The van der Waals surface area contributed by atoms with Gasteiger partial charge in [-0.25, -0.2) is 0 Å². The summed E-state index contributed by atoms with van der Waals surface area (Å²) in [6, 6.07) is 10.5. The molecular formula is C15H21NO2. The molecule has 1 aliphatic rings. The number of hydrogen-bond donors (Lipinski definition) is 0. The number of nitrogens with zero attached hydrogens (tertiary/aromatic N) is 1. The Morgan fingerprint density at radius 1 is 1.44 bits per heavy atom. The third-order valence-electron chi connectivity index (χ3n) is 3.79. The van der Waals surface area contributed by atoms with Crippen molar-refractivity contribution in [2.24, 2.45) is 0 Å². The van der Waals surface area contributed by atoms with Crippen LogP contribution in [0.25, 0.3) is 0 Å². The lowest BCUT2D eigenvalue weighted by Gasteiger charge is -2.24. The molecule has 3 heteroatoms.